The van der Waals surface area contributed by atoms with Gasteiger partial charge in [-0.25, -0.2) is 4.98 Å². The average Bonchev–Trinajstić information content (AvgIpc) is 2.92. The van der Waals surface area contributed by atoms with E-state index in [4.69, 9.17) is 0 Å². The first-order chi connectivity index (χ1) is 8.81. The van der Waals surface area contributed by atoms with Crippen molar-refractivity contribution in [2.45, 2.75) is 39.3 Å². The maximum absolute atomic E-state index is 4.08. The molecule has 0 radical (unpaired) electrons. The van der Waals surface area contributed by atoms with E-state index in [2.05, 4.69) is 33.6 Å². The Kier molecular flexibility index (Phi) is 5.20. The van der Waals surface area contributed by atoms with Crippen molar-refractivity contribution in [1.29, 1.82) is 0 Å². The van der Waals surface area contributed by atoms with Gasteiger partial charge in [0.05, 0.1) is 6.33 Å². The maximum atomic E-state index is 4.08. The molecule has 1 saturated heterocycles. The number of aromatic nitrogens is 2. The van der Waals surface area contributed by atoms with Gasteiger partial charge in [0.2, 0.25) is 0 Å². The molecule has 1 aromatic heterocycles. The standard InChI is InChI=1S/C14H26N4/c1-3-13(2)14-11-15-6-10-18(14)8-4-7-17-9-5-16-12-17/h5,9,12-15H,3-4,6-8,10-11H2,1-2H3. The zero-order valence-corrected chi connectivity index (χ0v) is 11.7. The van der Waals surface area contributed by atoms with E-state index in [-0.39, 0.29) is 0 Å². The van der Waals surface area contributed by atoms with Gasteiger partial charge in [0.15, 0.2) is 0 Å². The Hall–Kier alpha value is -0.870. The van der Waals surface area contributed by atoms with E-state index in [0.29, 0.717) is 6.04 Å². The SMILES string of the molecule is CCC(C)C1CNCCN1CCCn1ccnc1. The second kappa shape index (κ2) is 6.90. The number of aryl methyl sites for hydroxylation is 1. The average molecular weight is 250 g/mol. The van der Waals surface area contributed by atoms with Crippen molar-refractivity contribution < 1.29 is 0 Å². The molecule has 18 heavy (non-hydrogen) atoms. The fourth-order valence-electron chi connectivity index (χ4n) is 2.75. The first-order valence-corrected chi connectivity index (χ1v) is 7.21. The second-order valence-electron chi connectivity index (χ2n) is 5.35. The number of nitrogens with zero attached hydrogens (tertiary/aromatic N) is 3. The van der Waals surface area contributed by atoms with Crippen LogP contribution in [-0.4, -0.2) is 46.7 Å². The van der Waals surface area contributed by atoms with Gasteiger partial charge in [0.25, 0.3) is 0 Å². The quantitative estimate of drug-likeness (QED) is 0.832. The highest BCUT2D eigenvalue weighted by atomic mass is 15.2. The Morgan fingerprint density at radius 3 is 3.06 bits per heavy atom. The van der Waals surface area contributed by atoms with Gasteiger partial charge in [-0.15, -0.1) is 0 Å². The van der Waals surface area contributed by atoms with E-state index in [1.165, 1.54) is 25.9 Å². The molecule has 0 spiro atoms. The molecule has 2 heterocycles. The molecule has 0 aromatic carbocycles. The molecule has 102 valence electrons. The summed E-state index contributed by atoms with van der Waals surface area (Å²) in [6.07, 6.45) is 8.29. The van der Waals surface area contributed by atoms with E-state index < -0.39 is 0 Å². The van der Waals surface area contributed by atoms with Crippen LogP contribution in [0.5, 0.6) is 0 Å². The summed E-state index contributed by atoms with van der Waals surface area (Å²) in [7, 11) is 0. The molecule has 4 heteroatoms. The molecular weight excluding hydrogens is 224 g/mol. The van der Waals surface area contributed by atoms with Crippen molar-refractivity contribution >= 4 is 0 Å². The third-order valence-corrected chi connectivity index (χ3v) is 4.12. The summed E-state index contributed by atoms with van der Waals surface area (Å²) in [6.45, 7) is 10.4. The molecule has 1 N–H and O–H groups in total. The van der Waals surface area contributed by atoms with Crippen LogP contribution in [0, 0.1) is 5.92 Å². The number of rotatable bonds is 6. The smallest absolute Gasteiger partial charge is 0.0945 e. The van der Waals surface area contributed by atoms with E-state index in [1.54, 1.807) is 0 Å². The molecule has 0 bridgehead atoms. The van der Waals surface area contributed by atoms with Crippen LogP contribution < -0.4 is 5.32 Å². The summed E-state index contributed by atoms with van der Waals surface area (Å²) in [4.78, 5) is 6.75. The summed E-state index contributed by atoms with van der Waals surface area (Å²) in [6, 6.07) is 0.714. The molecular formula is C14H26N4. The predicted octanol–water partition coefficient (Wildman–Crippen LogP) is 1.59. The van der Waals surface area contributed by atoms with Crippen molar-refractivity contribution in [2.75, 3.05) is 26.2 Å². The summed E-state index contributed by atoms with van der Waals surface area (Å²) >= 11 is 0. The largest absolute Gasteiger partial charge is 0.337 e. The van der Waals surface area contributed by atoms with Gasteiger partial charge in [-0.2, -0.15) is 0 Å². The third-order valence-electron chi connectivity index (χ3n) is 4.12. The van der Waals surface area contributed by atoms with Gasteiger partial charge in [-0.05, 0) is 12.3 Å². The van der Waals surface area contributed by atoms with Crippen LogP contribution in [0.4, 0.5) is 0 Å². The minimum absolute atomic E-state index is 0.714. The van der Waals surface area contributed by atoms with Crippen LogP contribution >= 0.6 is 0 Å². The van der Waals surface area contributed by atoms with Gasteiger partial charge in [0.1, 0.15) is 0 Å². The van der Waals surface area contributed by atoms with Crippen molar-refractivity contribution in [2.24, 2.45) is 5.92 Å². The molecule has 0 aliphatic carbocycles. The van der Waals surface area contributed by atoms with Crippen LogP contribution in [-0.2, 0) is 6.54 Å². The number of hydrogen-bond acceptors (Lipinski definition) is 3. The predicted molar refractivity (Wildman–Crippen MR) is 74.5 cm³/mol. The fourth-order valence-corrected chi connectivity index (χ4v) is 2.75. The first-order valence-electron chi connectivity index (χ1n) is 7.21. The normalized spacial score (nSPS) is 23.1. The van der Waals surface area contributed by atoms with Crippen molar-refractivity contribution in [3.05, 3.63) is 18.7 Å². The van der Waals surface area contributed by atoms with Crippen LogP contribution in [0.15, 0.2) is 18.7 Å². The third kappa shape index (κ3) is 3.56. The molecule has 1 fully saturated rings. The van der Waals surface area contributed by atoms with Crippen LogP contribution in [0.3, 0.4) is 0 Å². The highest BCUT2D eigenvalue weighted by Gasteiger charge is 2.25. The van der Waals surface area contributed by atoms with Crippen molar-refractivity contribution in [3.8, 4) is 0 Å². The van der Waals surface area contributed by atoms with Crippen molar-refractivity contribution in [1.82, 2.24) is 19.8 Å². The number of nitrogens with one attached hydrogen (secondary N) is 1. The lowest BCUT2D eigenvalue weighted by Gasteiger charge is -2.39. The highest BCUT2D eigenvalue weighted by molar-refractivity contribution is 4.83. The zero-order valence-electron chi connectivity index (χ0n) is 11.7. The number of hydrogen-bond donors (Lipinski definition) is 1. The number of piperazine rings is 1. The molecule has 1 aromatic rings. The van der Waals surface area contributed by atoms with Crippen LogP contribution in [0.25, 0.3) is 0 Å². The minimum Gasteiger partial charge on any atom is -0.337 e. The Bertz CT molecular complexity index is 323. The molecule has 0 amide bonds. The van der Waals surface area contributed by atoms with E-state index in [0.717, 1.165) is 25.6 Å². The van der Waals surface area contributed by atoms with Crippen LogP contribution in [0.1, 0.15) is 26.7 Å². The lowest BCUT2D eigenvalue weighted by Crippen LogP contribution is -2.54. The zero-order chi connectivity index (χ0) is 12.8. The van der Waals surface area contributed by atoms with E-state index >= 15 is 0 Å². The molecule has 1 aliphatic heterocycles. The van der Waals surface area contributed by atoms with Gasteiger partial charge in [0, 0.05) is 51.2 Å². The molecule has 4 nitrogen and oxygen atoms in total. The van der Waals surface area contributed by atoms with E-state index in [9.17, 15) is 0 Å². The first kappa shape index (κ1) is 13.6. The number of imidazole rings is 1. The molecule has 2 rings (SSSR count). The Morgan fingerprint density at radius 1 is 1.44 bits per heavy atom. The maximum Gasteiger partial charge on any atom is 0.0945 e. The minimum atomic E-state index is 0.714. The fraction of sp³-hybridized carbons (Fsp3) is 0.786. The van der Waals surface area contributed by atoms with Gasteiger partial charge in [-0.1, -0.05) is 20.3 Å². The summed E-state index contributed by atoms with van der Waals surface area (Å²) in [5.41, 5.74) is 0. The summed E-state index contributed by atoms with van der Waals surface area (Å²) in [5.74, 6) is 0.783. The Morgan fingerprint density at radius 2 is 2.33 bits per heavy atom. The Labute approximate surface area is 110 Å². The van der Waals surface area contributed by atoms with Gasteiger partial charge < -0.3 is 9.88 Å². The topological polar surface area (TPSA) is 33.1 Å². The summed E-state index contributed by atoms with van der Waals surface area (Å²) < 4.78 is 2.17. The lowest BCUT2D eigenvalue weighted by atomic mass is 9.96. The highest BCUT2D eigenvalue weighted by Crippen LogP contribution is 2.16. The van der Waals surface area contributed by atoms with Crippen molar-refractivity contribution in [3.63, 3.8) is 0 Å². The molecule has 1 aliphatic rings. The Balaban J connectivity index is 1.78. The van der Waals surface area contributed by atoms with Gasteiger partial charge in [-0.3, -0.25) is 4.90 Å². The molecule has 0 saturated carbocycles. The molecule has 2 atom stereocenters. The lowest BCUT2D eigenvalue weighted by molar-refractivity contribution is 0.113. The summed E-state index contributed by atoms with van der Waals surface area (Å²) in [5, 5.41) is 3.53. The molecule has 2 unspecified atom stereocenters. The van der Waals surface area contributed by atoms with E-state index in [1.807, 2.05) is 18.7 Å². The van der Waals surface area contributed by atoms with Crippen LogP contribution in [0.2, 0.25) is 0 Å². The second-order valence-corrected chi connectivity index (χ2v) is 5.35. The monoisotopic (exact) mass is 250 g/mol. The van der Waals surface area contributed by atoms with Gasteiger partial charge >= 0.3 is 0 Å².